The molecule has 43 heavy (non-hydrogen) atoms. The van der Waals surface area contributed by atoms with Crippen LogP contribution in [0.25, 0.3) is 0 Å². The van der Waals surface area contributed by atoms with E-state index in [9.17, 15) is 24.9 Å². The number of aromatic hydroxyl groups is 1. The molecule has 0 heterocycles. The zero-order chi connectivity index (χ0) is 31.8. The highest BCUT2D eigenvalue weighted by Gasteiger charge is 2.32. The van der Waals surface area contributed by atoms with Gasteiger partial charge < -0.3 is 30.9 Å². The van der Waals surface area contributed by atoms with Crippen LogP contribution in [0.1, 0.15) is 52.9 Å². The SMILES string of the molecule is CNC=O.Cc1c(O)cccc1C(=O)NC(Cc1ccccc1)C(O)C(=O)N(CO)CC(C)C.c1ccc2c(c1)CCC2. The number of carbonyl (C=O) groups is 3. The quantitative estimate of drug-likeness (QED) is 0.181. The van der Waals surface area contributed by atoms with Crippen molar-refractivity contribution in [2.75, 3.05) is 20.3 Å². The summed E-state index contributed by atoms with van der Waals surface area (Å²) >= 11 is 0. The smallest absolute Gasteiger partial charge is 0.255 e. The van der Waals surface area contributed by atoms with Crippen LogP contribution >= 0.6 is 0 Å². The molecular weight excluding hydrogens is 546 g/mol. The summed E-state index contributed by atoms with van der Waals surface area (Å²) in [4.78, 5) is 35.9. The molecule has 0 bridgehead atoms. The minimum atomic E-state index is -1.54. The van der Waals surface area contributed by atoms with Gasteiger partial charge in [0.25, 0.3) is 11.8 Å². The number of carbonyl (C=O) groups excluding carboxylic acids is 3. The number of aryl methyl sites for hydroxylation is 2. The van der Waals surface area contributed by atoms with Crippen LogP contribution < -0.4 is 10.6 Å². The lowest BCUT2D eigenvalue weighted by Gasteiger charge is -2.29. The summed E-state index contributed by atoms with van der Waals surface area (Å²) in [6, 6.07) is 21.6. The van der Waals surface area contributed by atoms with Gasteiger partial charge in [-0.25, -0.2) is 0 Å². The average Bonchev–Trinajstić information content (AvgIpc) is 3.50. The number of rotatable bonds is 10. The second kappa shape index (κ2) is 18.4. The molecule has 9 nitrogen and oxygen atoms in total. The van der Waals surface area contributed by atoms with E-state index >= 15 is 0 Å². The molecule has 0 spiro atoms. The normalized spacial score (nSPS) is 12.8. The van der Waals surface area contributed by atoms with Gasteiger partial charge in [-0.2, -0.15) is 0 Å². The lowest BCUT2D eigenvalue weighted by molar-refractivity contribution is -0.146. The molecule has 0 aromatic heterocycles. The molecule has 2 unspecified atom stereocenters. The molecule has 0 saturated heterocycles. The van der Waals surface area contributed by atoms with Crippen LogP contribution in [-0.4, -0.2) is 70.9 Å². The maximum absolute atomic E-state index is 12.9. The Hall–Kier alpha value is -4.21. The van der Waals surface area contributed by atoms with Crippen molar-refractivity contribution in [3.63, 3.8) is 0 Å². The van der Waals surface area contributed by atoms with Gasteiger partial charge in [0.05, 0.1) is 6.04 Å². The Bertz CT molecular complexity index is 1280. The number of amides is 3. The molecule has 3 aromatic carbocycles. The first-order valence-electron chi connectivity index (χ1n) is 14.5. The van der Waals surface area contributed by atoms with Crippen molar-refractivity contribution in [3.8, 4) is 5.75 Å². The zero-order valence-electron chi connectivity index (χ0n) is 25.5. The molecule has 3 amide bonds. The summed E-state index contributed by atoms with van der Waals surface area (Å²) < 4.78 is 0. The fourth-order valence-corrected chi connectivity index (χ4v) is 4.76. The molecule has 0 fully saturated rings. The number of phenols is 1. The maximum atomic E-state index is 12.9. The third-order valence-corrected chi connectivity index (χ3v) is 7.00. The molecule has 232 valence electrons. The number of nitrogens with one attached hydrogen (secondary N) is 2. The summed E-state index contributed by atoms with van der Waals surface area (Å²) in [5, 5.41) is 35.2. The Labute approximate surface area is 254 Å². The summed E-state index contributed by atoms with van der Waals surface area (Å²) in [6.07, 6.45) is 3.27. The van der Waals surface area contributed by atoms with Crippen LogP contribution in [-0.2, 0) is 28.9 Å². The van der Waals surface area contributed by atoms with Gasteiger partial charge in [-0.05, 0) is 67.3 Å². The molecule has 1 aliphatic carbocycles. The molecule has 9 heteroatoms. The predicted molar refractivity (Wildman–Crippen MR) is 167 cm³/mol. The monoisotopic (exact) mass is 591 g/mol. The second-order valence-electron chi connectivity index (χ2n) is 10.8. The molecular formula is C34H45N3O6. The molecule has 2 atom stereocenters. The van der Waals surface area contributed by atoms with Crippen molar-refractivity contribution in [3.05, 3.63) is 101 Å². The van der Waals surface area contributed by atoms with E-state index in [0.29, 0.717) is 12.0 Å². The van der Waals surface area contributed by atoms with E-state index in [2.05, 4.69) is 34.9 Å². The fourth-order valence-electron chi connectivity index (χ4n) is 4.76. The van der Waals surface area contributed by atoms with Gasteiger partial charge in [-0.1, -0.05) is 74.5 Å². The van der Waals surface area contributed by atoms with Crippen LogP contribution in [0.2, 0.25) is 0 Å². The summed E-state index contributed by atoms with van der Waals surface area (Å²) in [5.74, 6) is -1.07. The molecule has 5 N–H and O–H groups in total. The number of aliphatic hydroxyl groups excluding tert-OH is 2. The average molecular weight is 592 g/mol. The summed E-state index contributed by atoms with van der Waals surface area (Å²) in [7, 11) is 1.56. The minimum Gasteiger partial charge on any atom is -0.508 e. The third-order valence-electron chi connectivity index (χ3n) is 7.00. The Balaban J connectivity index is 0.000000404. The Morgan fingerprint density at radius 1 is 0.953 bits per heavy atom. The summed E-state index contributed by atoms with van der Waals surface area (Å²) in [5.41, 5.74) is 4.64. The molecule has 4 rings (SSSR count). The second-order valence-corrected chi connectivity index (χ2v) is 10.8. The molecule has 0 saturated carbocycles. The Morgan fingerprint density at radius 2 is 1.53 bits per heavy atom. The van der Waals surface area contributed by atoms with Crippen molar-refractivity contribution in [2.24, 2.45) is 5.92 Å². The van der Waals surface area contributed by atoms with Gasteiger partial charge in [0, 0.05) is 24.7 Å². The lowest BCUT2D eigenvalue weighted by atomic mass is 9.98. The maximum Gasteiger partial charge on any atom is 0.255 e. The minimum absolute atomic E-state index is 0.0118. The van der Waals surface area contributed by atoms with Gasteiger partial charge in [-0.3, -0.25) is 14.4 Å². The highest BCUT2D eigenvalue weighted by molar-refractivity contribution is 5.97. The standard InChI is InChI=1S/C23H30N2O5.C9H10.C2H5NO/c1-15(2)13-25(14-26)23(30)21(28)19(12-17-8-5-4-6-9-17)24-22(29)18-10-7-11-20(27)16(18)3;1-2-5-9-7-3-6-8(9)4-1;1-3-2-4/h4-11,15,19,21,26-28H,12-14H2,1-3H3,(H,24,29);1-2,4-5H,3,6-7H2;2H,1H3,(H,3,4). The van der Waals surface area contributed by atoms with E-state index in [1.165, 1.54) is 30.2 Å². The van der Waals surface area contributed by atoms with E-state index in [1.807, 2.05) is 44.2 Å². The van der Waals surface area contributed by atoms with Crippen molar-refractivity contribution in [2.45, 2.75) is 58.6 Å². The highest BCUT2D eigenvalue weighted by atomic mass is 16.3. The van der Waals surface area contributed by atoms with E-state index < -0.39 is 30.7 Å². The van der Waals surface area contributed by atoms with Gasteiger partial charge in [-0.15, -0.1) is 0 Å². The van der Waals surface area contributed by atoms with Crippen LogP contribution in [0.5, 0.6) is 5.75 Å². The Kier molecular flexibility index (Phi) is 14.9. The largest absolute Gasteiger partial charge is 0.508 e. The third kappa shape index (κ3) is 11.2. The molecule has 1 aliphatic rings. The number of benzene rings is 3. The van der Waals surface area contributed by atoms with Crippen LogP contribution in [0.3, 0.4) is 0 Å². The van der Waals surface area contributed by atoms with Crippen molar-refractivity contribution >= 4 is 18.2 Å². The number of aliphatic hydroxyl groups is 2. The predicted octanol–water partition coefficient (Wildman–Crippen LogP) is 3.37. The van der Waals surface area contributed by atoms with E-state index in [0.717, 1.165) is 5.56 Å². The van der Waals surface area contributed by atoms with E-state index in [1.54, 1.807) is 37.2 Å². The molecule has 0 radical (unpaired) electrons. The number of phenolic OH excluding ortho intramolecular Hbond substituents is 1. The number of nitrogens with zero attached hydrogens (tertiary/aromatic N) is 1. The molecule has 3 aromatic rings. The van der Waals surface area contributed by atoms with E-state index in [-0.39, 0.29) is 30.2 Å². The zero-order valence-corrected chi connectivity index (χ0v) is 25.5. The first-order valence-corrected chi connectivity index (χ1v) is 14.5. The number of hydrogen-bond donors (Lipinski definition) is 5. The van der Waals surface area contributed by atoms with E-state index in [4.69, 9.17) is 4.79 Å². The number of fused-ring (bicyclic) bond motifs is 1. The van der Waals surface area contributed by atoms with Gasteiger partial charge in [0.2, 0.25) is 6.41 Å². The van der Waals surface area contributed by atoms with Gasteiger partial charge >= 0.3 is 0 Å². The van der Waals surface area contributed by atoms with Crippen LogP contribution in [0.15, 0.2) is 72.8 Å². The fraction of sp³-hybridized carbons (Fsp3) is 0.382. The highest BCUT2D eigenvalue weighted by Crippen LogP contribution is 2.21. The van der Waals surface area contributed by atoms with Crippen LogP contribution in [0.4, 0.5) is 0 Å². The lowest BCUT2D eigenvalue weighted by Crippen LogP contribution is -2.53. The number of hydrogen-bond acceptors (Lipinski definition) is 6. The summed E-state index contributed by atoms with van der Waals surface area (Å²) in [6.45, 7) is 5.18. The Morgan fingerprint density at radius 3 is 2.07 bits per heavy atom. The van der Waals surface area contributed by atoms with Crippen LogP contribution in [0, 0.1) is 12.8 Å². The topological polar surface area (TPSA) is 139 Å². The first-order chi connectivity index (χ1) is 20.6. The molecule has 0 aliphatic heterocycles. The first kappa shape index (κ1) is 35.0. The van der Waals surface area contributed by atoms with Crippen molar-refractivity contribution in [1.82, 2.24) is 15.5 Å². The van der Waals surface area contributed by atoms with Gasteiger partial charge in [0.1, 0.15) is 12.5 Å². The van der Waals surface area contributed by atoms with Crippen molar-refractivity contribution in [1.29, 1.82) is 0 Å². The van der Waals surface area contributed by atoms with Crippen molar-refractivity contribution < 1.29 is 29.7 Å². The van der Waals surface area contributed by atoms with Gasteiger partial charge in [0.15, 0.2) is 6.10 Å².